The van der Waals surface area contributed by atoms with E-state index in [1.54, 1.807) is 12.1 Å². The van der Waals surface area contributed by atoms with Crippen molar-refractivity contribution in [1.29, 1.82) is 0 Å². The number of rotatable bonds is 5. The van der Waals surface area contributed by atoms with Crippen molar-refractivity contribution in [2.24, 2.45) is 5.73 Å². The van der Waals surface area contributed by atoms with E-state index in [2.05, 4.69) is 14.6 Å². The van der Waals surface area contributed by atoms with E-state index >= 15 is 0 Å². The molecule has 1 aliphatic heterocycles. The molecule has 0 saturated heterocycles. The van der Waals surface area contributed by atoms with Crippen molar-refractivity contribution in [3.05, 3.63) is 41.7 Å². The van der Waals surface area contributed by atoms with Crippen LogP contribution in [0.1, 0.15) is 47.4 Å². The molecule has 1 atom stereocenters. The molecule has 2 aromatic rings. The summed E-state index contributed by atoms with van der Waals surface area (Å²) < 4.78 is 43.8. The molecular weight excluding hydrogens is 359 g/mol. The van der Waals surface area contributed by atoms with Crippen molar-refractivity contribution >= 4 is 5.91 Å². The molecule has 1 saturated carbocycles. The van der Waals surface area contributed by atoms with Gasteiger partial charge in [-0.15, -0.1) is 13.2 Å². The molecule has 0 spiro atoms. The van der Waals surface area contributed by atoms with Gasteiger partial charge in [-0.05, 0) is 55.5 Å². The molecule has 5 nitrogen and oxygen atoms in total. The van der Waals surface area contributed by atoms with Gasteiger partial charge in [-0.25, -0.2) is 0 Å². The number of hydrogen-bond acceptors (Lipinski definition) is 3. The molecule has 1 aliphatic carbocycles. The fraction of sp³-hybridized carbons (Fsp3) is 0.421. The molecule has 1 unspecified atom stereocenters. The van der Waals surface area contributed by atoms with Gasteiger partial charge in [-0.1, -0.05) is 12.1 Å². The Hall–Kier alpha value is -2.48. The lowest BCUT2D eigenvalue weighted by molar-refractivity contribution is -0.274. The third kappa shape index (κ3) is 3.53. The Morgan fingerprint density at radius 2 is 2.04 bits per heavy atom. The molecule has 0 bridgehead atoms. The summed E-state index contributed by atoms with van der Waals surface area (Å²) in [5.74, 6) is -0.125. The van der Waals surface area contributed by atoms with Gasteiger partial charge in [0.05, 0.1) is 6.04 Å². The number of carbonyl (C=O) groups is 1. The zero-order valence-corrected chi connectivity index (χ0v) is 14.6. The number of ether oxygens (including phenoxy) is 1. The number of nitrogens with one attached hydrogen (secondary N) is 1. The summed E-state index contributed by atoms with van der Waals surface area (Å²) in [6.07, 6.45) is -2.01. The van der Waals surface area contributed by atoms with E-state index in [4.69, 9.17) is 5.73 Å². The van der Waals surface area contributed by atoms with E-state index in [1.165, 1.54) is 18.2 Å². The van der Waals surface area contributed by atoms with Crippen LogP contribution in [0, 0.1) is 0 Å². The first-order valence-corrected chi connectivity index (χ1v) is 8.97. The van der Waals surface area contributed by atoms with Gasteiger partial charge >= 0.3 is 6.36 Å². The lowest BCUT2D eigenvalue weighted by Gasteiger charge is -2.28. The van der Waals surface area contributed by atoms with Crippen LogP contribution in [-0.4, -0.2) is 29.9 Å². The van der Waals surface area contributed by atoms with Crippen molar-refractivity contribution in [2.75, 3.05) is 13.1 Å². The number of nitrogens with zero attached hydrogens (tertiary/aromatic N) is 1. The van der Waals surface area contributed by atoms with Crippen molar-refractivity contribution < 1.29 is 22.7 Å². The minimum Gasteiger partial charge on any atom is -0.406 e. The summed E-state index contributed by atoms with van der Waals surface area (Å²) in [7, 11) is 0. The number of amides is 1. The SMILES string of the molecule is NCCC1CNC(=O)c2cc(-c3cccc(OC(F)(F)F)c3)c(C3CC3)n21. The largest absolute Gasteiger partial charge is 0.573 e. The van der Waals surface area contributed by atoms with Gasteiger partial charge in [0.1, 0.15) is 11.4 Å². The maximum absolute atomic E-state index is 12.6. The van der Waals surface area contributed by atoms with Crippen LogP contribution in [0.5, 0.6) is 5.75 Å². The van der Waals surface area contributed by atoms with Crippen LogP contribution < -0.4 is 15.8 Å². The Labute approximate surface area is 154 Å². The van der Waals surface area contributed by atoms with Gasteiger partial charge in [0.25, 0.3) is 5.91 Å². The molecule has 1 aromatic heterocycles. The highest BCUT2D eigenvalue weighted by molar-refractivity contribution is 5.96. The number of aromatic nitrogens is 1. The number of halogens is 3. The molecule has 2 heterocycles. The maximum atomic E-state index is 12.6. The third-order valence-electron chi connectivity index (χ3n) is 5.01. The van der Waals surface area contributed by atoms with E-state index in [0.717, 1.165) is 30.5 Å². The van der Waals surface area contributed by atoms with Crippen LogP contribution in [0.4, 0.5) is 13.2 Å². The molecule has 27 heavy (non-hydrogen) atoms. The standard InChI is InChI=1S/C19H20F3N3O2/c20-19(21,22)27-14-3-1-2-12(8-14)15-9-16-18(26)24-10-13(6-7-23)25(16)17(15)11-4-5-11/h1-3,8-9,11,13H,4-7,10,23H2,(H,24,26). The monoisotopic (exact) mass is 379 g/mol. The summed E-state index contributed by atoms with van der Waals surface area (Å²) >= 11 is 0. The summed E-state index contributed by atoms with van der Waals surface area (Å²) in [6.45, 7) is 1.00. The minimum absolute atomic E-state index is 0.0571. The topological polar surface area (TPSA) is 69.3 Å². The molecule has 2 aliphatic rings. The van der Waals surface area contributed by atoms with Crippen LogP contribution in [0.25, 0.3) is 11.1 Å². The van der Waals surface area contributed by atoms with Gasteiger partial charge in [0, 0.05) is 17.8 Å². The van der Waals surface area contributed by atoms with Crippen LogP contribution >= 0.6 is 0 Å². The van der Waals surface area contributed by atoms with Crippen molar-refractivity contribution in [3.8, 4) is 16.9 Å². The van der Waals surface area contributed by atoms with E-state index in [9.17, 15) is 18.0 Å². The van der Waals surface area contributed by atoms with E-state index in [1.807, 2.05) is 0 Å². The number of nitrogens with two attached hydrogens (primary N) is 1. The normalized spacial score (nSPS) is 19.6. The quantitative estimate of drug-likeness (QED) is 0.835. The van der Waals surface area contributed by atoms with Crippen molar-refractivity contribution in [1.82, 2.24) is 9.88 Å². The third-order valence-corrected chi connectivity index (χ3v) is 5.01. The van der Waals surface area contributed by atoms with Gasteiger partial charge in [0.15, 0.2) is 0 Å². The Bertz CT molecular complexity index is 872. The number of alkyl halides is 3. The van der Waals surface area contributed by atoms with Crippen LogP contribution in [0.2, 0.25) is 0 Å². The second-order valence-electron chi connectivity index (χ2n) is 6.99. The average molecular weight is 379 g/mol. The first-order chi connectivity index (χ1) is 12.9. The Balaban J connectivity index is 1.81. The molecule has 1 aromatic carbocycles. The lowest BCUT2D eigenvalue weighted by atomic mass is 10.0. The fourth-order valence-corrected chi connectivity index (χ4v) is 3.79. The zero-order chi connectivity index (χ0) is 19.2. The zero-order valence-electron chi connectivity index (χ0n) is 14.6. The van der Waals surface area contributed by atoms with Gasteiger partial charge in [-0.2, -0.15) is 0 Å². The lowest BCUT2D eigenvalue weighted by Crippen LogP contribution is -2.40. The Kier molecular flexibility index (Phi) is 4.38. The van der Waals surface area contributed by atoms with Gasteiger partial charge in [-0.3, -0.25) is 4.79 Å². The smallest absolute Gasteiger partial charge is 0.406 e. The molecular formula is C19H20F3N3O2. The van der Waals surface area contributed by atoms with E-state index in [-0.39, 0.29) is 17.7 Å². The van der Waals surface area contributed by atoms with Crippen LogP contribution in [-0.2, 0) is 0 Å². The maximum Gasteiger partial charge on any atom is 0.573 e. The highest BCUT2D eigenvalue weighted by Gasteiger charge is 2.37. The predicted octanol–water partition coefficient (Wildman–Crippen LogP) is 3.56. The molecule has 1 fully saturated rings. The Morgan fingerprint density at radius 3 is 2.70 bits per heavy atom. The highest BCUT2D eigenvalue weighted by Crippen LogP contribution is 2.48. The van der Waals surface area contributed by atoms with Crippen LogP contribution in [0.3, 0.4) is 0 Å². The van der Waals surface area contributed by atoms with Crippen molar-refractivity contribution in [3.63, 3.8) is 0 Å². The number of carbonyl (C=O) groups excluding carboxylic acids is 1. The summed E-state index contributed by atoms with van der Waals surface area (Å²) in [4.78, 5) is 12.4. The summed E-state index contributed by atoms with van der Waals surface area (Å²) in [5.41, 5.74) is 8.70. The van der Waals surface area contributed by atoms with E-state index in [0.29, 0.717) is 30.3 Å². The van der Waals surface area contributed by atoms with Gasteiger partial charge in [0.2, 0.25) is 0 Å². The summed E-state index contributed by atoms with van der Waals surface area (Å²) in [5, 5.41) is 2.88. The highest BCUT2D eigenvalue weighted by atomic mass is 19.4. The molecule has 3 N–H and O–H groups in total. The fourth-order valence-electron chi connectivity index (χ4n) is 3.79. The first kappa shape index (κ1) is 17.9. The molecule has 1 amide bonds. The second kappa shape index (κ2) is 6.60. The van der Waals surface area contributed by atoms with Crippen molar-refractivity contribution in [2.45, 2.75) is 37.6 Å². The second-order valence-corrected chi connectivity index (χ2v) is 6.99. The number of benzene rings is 1. The first-order valence-electron chi connectivity index (χ1n) is 8.97. The van der Waals surface area contributed by atoms with Crippen LogP contribution in [0.15, 0.2) is 30.3 Å². The van der Waals surface area contributed by atoms with E-state index < -0.39 is 6.36 Å². The number of fused-ring (bicyclic) bond motifs is 1. The minimum atomic E-state index is -4.75. The molecule has 144 valence electrons. The Morgan fingerprint density at radius 1 is 1.26 bits per heavy atom. The number of hydrogen-bond donors (Lipinski definition) is 2. The molecule has 4 rings (SSSR count). The van der Waals surface area contributed by atoms with Gasteiger partial charge < -0.3 is 20.4 Å². The summed E-state index contributed by atoms with van der Waals surface area (Å²) in [6, 6.07) is 7.75. The molecule has 0 radical (unpaired) electrons. The predicted molar refractivity (Wildman–Crippen MR) is 93.6 cm³/mol. The molecule has 8 heteroatoms. The average Bonchev–Trinajstić information content (AvgIpc) is 3.35.